The summed E-state index contributed by atoms with van der Waals surface area (Å²) in [5.41, 5.74) is 0.284. The lowest BCUT2D eigenvalue weighted by Crippen LogP contribution is -2.29. The first kappa shape index (κ1) is 17.1. The van der Waals surface area contributed by atoms with Crippen LogP contribution < -0.4 is 9.47 Å². The molecule has 0 saturated heterocycles. The van der Waals surface area contributed by atoms with Crippen molar-refractivity contribution in [3.8, 4) is 11.5 Å². The molecule has 21 heavy (non-hydrogen) atoms. The first-order chi connectivity index (χ1) is 9.97. The van der Waals surface area contributed by atoms with Crippen LogP contribution in [0.5, 0.6) is 11.5 Å². The van der Waals surface area contributed by atoms with Gasteiger partial charge in [-0.15, -0.1) is 0 Å². The minimum absolute atomic E-state index is 0.171. The molecule has 1 unspecified atom stereocenters. The zero-order valence-corrected chi connectivity index (χ0v) is 13.3. The number of carbonyl (C=O) groups excluding carboxylic acids is 1. The number of methoxy groups -OCH3 is 1. The van der Waals surface area contributed by atoms with Crippen LogP contribution in [0.1, 0.15) is 32.8 Å². The summed E-state index contributed by atoms with van der Waals surface area (Å²) in [5.74, 6) is 1.02. The largest absolute Gasteiger partial charge is 0.497 e. The average Bonchev–Trinajstić information content (AvgIpc) is 2.49. The van der Waals surface area contributed by atoms with E-state index in [9.17, 15) is 4.79 Å². The van der Waals surface area contributed by atoms with Crippen LogP contribution in [0.4, 0.5) is 0 Å². The van der Waals surface area contributed by atoms with Crippen molar-refractivity contribution in [2.75, 3.05) is 13.7 Å². The molecule has 0 bridgehead atoms. The van der Waals surface area contributed by atoms with E-state index >= 15 is 0 Å². The lowest BCUT2D eigenvalue weighted by Gasteiger charge is -2.27. The van der Waals surface area contributed by atoms with Crippen LogP contribution in [-0.4, -0.2) is 25.3 Å². The Hall–Kier alpha value is -1.97. The summed E-state index contributed by atoms with van der Waals surface area (Å²) in [5, 5.41) is 0. The molecule has 1 rings (SSSR count). The number of hydrogen-bond donors (Lipinski definition) is 0. The molecule has 0 spiro atoms. The zero-order valence-electron chi connectivity index (χ0n) is 13.3. The number of rotatable bonds is 8. The Morgan fingerprint density at radius 1 is 1.38 bits per heavy atom. The summed E-state index contributed by atoms with van der Waals surface area (Å²) in [4.78, 5) is 11.7. The van der Waals surface area contributed by atoms with Crippen molar-refractivity contribution < 1.29 is 19.0 Å². The van der Waals surface area contributed by atoms with Gasteiger partial charge < -0.3 is 14.2 Å². The van der Waals surface area contributed by atoms with Crippen LogP contribution in [0.3, 0.4) is 0 Å². The van der Waals surface area contributed by atoms with E-state index < -0.39 is 5.60 Å². The Morgan fingerprint density at radius 3 is 2.62 bits per heavy atom. The van der Waals surface area contributed by atoms with Gasteiger partial charge in [0.25, 0.3) is 0 Å². The predicted molar refractivity (Wildman–Crippen MR) is 82.9 cm³/mol. The molecule has 0 aliphatic heterocycles. The van der Waals surface area contributed by atoms with Gasteiger partial charge in [-0.05, 0) is 32.4 Å². The summed E-state index contributed by atoms with van der Waals surface area (Å²) < 4.78 is 16.3. The molecule has 0 fully saturated rings. The lowest BCUT2D eigenvalue weighted by atomic mass is 10.0. The summed E-state index contributed by atoms with van der Waals surface area (Å²) >= 11 is 0. The van der Waals surface area contributed by atoms with Gasteiger partial charge in [0.05, 0.1) is 20.1 Å². The molecule has 0 saturated carbocycles. The molecular formula is C17H24O4. The first-order valence-electron chi connectivity index (χ1n) is 7.13. The fourth-order valence-electron chi connectivity index (χ4n) is 1.78. The van der Waals surface area contributed by atoms with Crippen molar-refractivity contribution in [2.24, 2.45) is 0 Å². The normalized spacial score (nSPS) is 13.1. The molecule has 1 aromatic carbocycles. The Balaban J connectivity index is 3.07. The maximum Gasteiger partial charge on any atom is 0.310 e. The number of esters is 1. The molecule has 1 atom stereocenters. The highest BCUT2D eigenvalue weighted by Gasteiger charge is 2.22. The molecule has 0 radical (unpaired) electrons. The predicted octanol–water partition coefficient (Wildman–Crippen LogP) is 3.53. The van der Waals surface area contributed by atoms with Crippen molar-refractivity contribution in [2.45, 2.75) is 39.2 Å². The Bertz CT molecular complexity index is 496. The molecule has 0 amide bonds. The van der Waals surface area contributed by atoms with E-state index in [1.807, 2.05) is 19.9 Å². The molecule has 0 aliphatic rings. The monoisotopic (exact) mass is 292 g/mol. The van der Waals surface area contributed by atoms with Crippen LogP contribution in [0.2, 0.25) is 0 Å². The maximum atomic E-state index is 11.7. The highest BCUT2D eigenvalue weighted by molar-refractivity contribution is 5.73. The number of ether oxygens (including phenoxy) is 3. The second kappa shape index (κ2) is 7.72. The van der Waals surface area contributed by atoms with E-state index in [4.69, 9.17) is 14.2 Å². The van der Waals surface area contributed by atoms with E-state index in [0.29, 0.717) is 18.1 Å². The van der Waals surface area contributed by atoms with Crippen molar-refractivity contribution in [3.05, 3.63) is 36.4 Å². The summed E-state index contributed by atoms with van der Waals surface area (Å²) in [6.07, 6.45) is 2.71. The second-order valence-electron chi connectivity index (χ2n) is 4.93. The van der Waals surface area contributed by atoms with Gasteiger partial charge in [-0.3, -0.25) is 4.79 Å². The van der Waals surface area contributed by atoms with Crippen LogP contribution in [0, 0.1) is 0 Å². The molecule has 116 valence electrons. The van der Waals surface area contributed by atoms with Gasteiger partial charge in [0.1, 0.15) is 17.1 Å². The fourth-order valence-corrected chi connectivity index (χ4v) is 1.78. The highest BCUT2D eigenvalue weighted by atomic mass is 16.5. The van der Waals surface area contributed by atoms with Gasteiger partial charge in [0.2, 0.25) is 0 Å². The molecular weight excluding hydrogens is 268 g/mol. The van der Waals surface area contributed by atoms with Gasteiger partial charge in [0, 0.05) is 11.6 Å². The average molecular weight is 292 g/mol. The van der Waals surface area contributed by atoms with E-state index in [1.54, 1.807) is 32.2 Å². The third kappa shape index (κ3) is 4.81. The third-order valence-electron chi connectivity index (χ3n) is 3.39. The minimum Gasteiger partial charge on any atom is -0.497 e. The van der Waals surface area contributed by atoms with Gasteiger partial charge >= 0.3 is 5.97 Å². The summed E-state index contributed by atoms with van der Waals surface area (Å²) in [6, 6.07) is 5.41. The highest BCUT2D eigenvalue weighted by Crippen LogP contribution is 2.30. The van der Waals surface area contributed by atoms with E-state index in [0.717, 1.165) is 12.0 Å². The topological polar surface area (TPSA) is 44.8 Å². The first-order valence-corrected chi connectivity index (χ1v) is 7.13. The number of hydrogen-bond acceptors (Lipinski definition) is 4. The summed E-state index contributed by atoms with van der Waals surface area (Å²) in [7, 11) is 1.59. The zero-order chi connectivity index (χ0) is 15.9. The third-order valence-corrected chi connectivity index (χ3v) is 3.39. The smallest absolute Gasteiger partial charge is 0.310 e. The Kier molecular flexibility index (Phi) is 6.28. The molecule has 0 aromatic heterocycles. The standard InChI is InChI=1S/C17H24O4/c1-6-17(4,7-2)21-15-12-14(19-5)10-9-13(15)11-16(18)20-8-3/h6,9-10,12H,1,7-8,11H2,2-5H3. The summed E-state index contributed by atoms with van der Waals surface area (Å²) in [6.45, 7) is 9.94. The minimum atomic E-state index is -0.490. The molecule has 1 aromatic rings. The van der Waals surface area contributed by atoms with Crippen molar-refractivity contribution in [3.63, 3.8) is 0 Å². The SMILES string of the molecule is C=CC(C)(CC)Oc1cc(OC)ccc1CC(=O)OCC. The fraction of sp³-hybridized carbons (Fsp3) is 0.471. The second-order valence-corrected chi connectivity index (χ2v) is 4.93. The van der Waals surface area contributed by atoms with E-state index in [1.165, 1.54) is 0 Å². The van der Waals surface area contributed by atoms with Crippen LogP contribution in [0.25, 0.3) is 0 Å². The molecule has 0 N–H and O–H groups in total. The van der Waals surface area contributed by atoms with Crippen LogP contribution in [0.15, 0.2) is 30.9 Å². The van der Waals surface area contributed by atoms with Crippen molar-refractivity contribution in [1.29, 1.82) is 0 Å². The molecule has 4 heteroatoms. The molecule has 0 heterocycles. The van der Waals surface area contributed by atoms with Crippen molar-refractivity contribution in [1.82, 2.24) is 0 Å². The molecule has 4 nitrogen and oxygen atoms in total. The Morgan fingerprint density at radius 2 is 2.10 bits per heavy atom. The number of carbonyl (C=O) groups is 1. The van der Waals surface area contributed by atoms with Crippen molar-refractivity contribution >= 4 is 5.97 Å². The molecule has 0 aliphatic carbocycles. The lowest BCUT2D eigenvalue weighted by molar-refractivity contribution is -0.142. The Labute approximate surface area is 126 Å². The van der Waals surface area contributed by atoms with E-state index in [-0.39, 0.29) is 12.4 Å². The van der Waals surface area contributed by atoms with Gasteiger partial charge in [-0.25, -0.2) is 0 Å². The quantitative estimate of drug-likeness (QED) is 0.543. The van der Waals surface area contributed by atoms with Crippen LogP contribution >= 0.6 is 0 Å². The van der Waals surface area contributed by atoms with Gasteiger partial charge in [-0.2, -0.15) is 0 Å². The van der Waals surface area contributed by atoms with Crippen LogP contribution in [-0.2, 0) is 16.0 Å². The number of benzene rings is 1. The maximum absolute atomic E-state index is 11.7. The van der Waals surface area contributed by atoms with Gasteiger partial charge in [0.15, 0.2) is 0 Å². The van der Waals surface area contributed by atoms with E-state index in [2.05, 4.69) is 6.58 Å². The van der Waals surface area contributed by atoms with Gasteiger partial charge in [-0.1, -0.05) is 19.6 Å².